The van der Waals surface area contributed by atoms with Gasteiger partial charge in [0.15, 0.2) is 5.82 Å². The highest BCUT2D eigenvalue weighted by atomic mass is 16.5. The predicted octanol–water partition coefficient (Wildman–Crippen LogP) is 1.34. The molecular formula is C22H24N4O5. The molecule has 1 aromatic heterocycles. The molecule has 162 valence electrons. The van der Waals surface area contributed by atoms with Gasteiger partial charge in [0.2, 0.25) is 6.41 Å². The molecule has 0 radical (unpaired) electrons. The van der Waals surface area contributed by atoms with Crippen molar-refractivity contribution in [3.05, 3.63) is 64.7 Å². The van der Waals surface area contributed by atoms with Crippen molar-refractivity contribution in [2.24, 2.45) is 0 Å². The van der Waals surface area contributed by atoms with Crippen molar-refractivity contribution in [3.63, 3.8) is 0 Å². The van der Waals surface area contributed by atoms with Crippen LogP contribution in [0.15, 0.2) is 53.5 Å². The molecule has 2 heterocycles. The summed E-state index contributed by atoms with van der Waals surface area (Å²) in [7, 11) is 0. The fourth-order valence-electron chi connectivity index (χ4n) is 4.05. The van der Waals surface area contributed by atoms with Gasteiger partial charge in [-0.2, -0.15) is 4.98 Å². The summed E-state index contributed by atoms with van der Waals surface area (Å²) >= 11 is 0. The van der Waals surface area contributed by atoms with Gasteiger partial charge in [-0.05, 0) is 23.3 Å². The molecule has 4 atom stereocenters. The molecule has 9 nitrogen and oxygen atoms in total. The molecule has 1 fully saturated rings. The highest BCUT2D eigenvalue weighted by molar-refractivity contribution is 5.88. The molecular weight excluding hydrogens is 400 g/mol. The Kier molecular flexibility index (Phi) is 5.73. The molecule has 31 heavy (non-hydrogen) atoms. The number of aliphatic hydroxyl groups excluding tert-OH is 2. The fraction of sp³-hybridized carbons (Fsp3) is 0.318. The van der Waals surface area contributed by atoms with Gasteiger partial charge in [0.25, 0.3) is 0 Å². The number of aromatic nitrogens is 2. The summed E-state index contributed by atoms with van der Waals surface area (Å²) in [4.78, 5) is 29.8. The number of hydrogen-bond donors (Lipinski definition) is 3. The van der Waals surface area contributed by atoms with E-state index in [1.165, 1.54) is 15.7 Å². The molecule has 0 aliphatic carbocycles. The third-order valence-electron chi connectivity index (χ3n) is 5.74. The van der Waals surface area contributed by atoms with E-state index in [1.54, 1.807) is 0 Å². The quantitative estimate of drug-likeness (QED) is 0.509. The molecule has 0 spiro atoms. The number of rotatable bonds is 6. The third-order valence-corrected chi connectivity index (χ3v) is 5.74. The van der Waals surface area contributed by atoms with E-state index in [1.807, 2.05) is 49.4 Å². The van der Waals surface area contributed by atoms with Gasteiger partial charge in [-0.3, -0.25) is 9.36 Å². The van der Waals surface area contributed by atoms with E-state index in [0.29, 0.717) is 6.41 Å². The minimum absolute atomic E-state index is 0.0855. The van der Waals surface area contributed by atoms with Crippen LogP contribution in [0.1, 0.15) is 31.2 Å². The van der Waals surface area contributed by atoms with Crippen LogP contribution in [0.2, 0.25) is 0 Å². The van der Waals surface area contributed by atoms with E-state index in [2.05, 4.69) is 4.98 Å². The lowest BCUT2D eigenvalue weighted by Crippen LogP contribution is -2.33. The largest absolute Gasteiger partial charge is 0.394 e. The van der Waals surface area contributed by atoms with Crippen LogP contribution in [-0.2, 0) is 9.53 Å². The van der Waals surface area contributed by atoms with Crippen molar-refractivity contribution >= 4 is 28.7 Å². The van der Waals surface area contributed by atoms with Crippen molar-refractivity contribution in [2.45, 2.75) is 37.8 Å². The van der Waals surface area contributed by atoms with Crippen LogP contribution in [0.4, 0.5) is 11.5 Å². The van der Waals surface area contributed by atoms with E-state index in [-0.39, 0.29) is 24.5 Å². The lowest BCUT2D eigenvalue weighted by molar-refractivity contribution is -0.107. The van der Waals surface area contributed by atoms with Crippen LogP contribution >= 0.6 is 0 Å². The second-order valence-electron chi connectivity index (χ2n) is 7.57. The number of nitrogens with zero attached hydrogens (tertiary/aromatic N) is 3. The number of amides is 1. The average molecular weight is 424 g/mol. The first kappa shape index (κ1) is 21.0. The Hall–Kier alpha value is -3.27. The van der Waals surface area contributed by atoms with Crippen molar-refractivity contribution in [3.8, 4) is 0 Å². The molecule has 4 rings (SSSR count). The lowest BCUT2D eigenvalue weighted by atomic mass is 9.98. The molecule has 1 saturated heterocycles. The van der Waals surface area contributed by atoms with Crippen LogP contribution in [0.5, 0.6) is 0 Å². The molecule has 4 N–H and O–H groups in total. The molecule has 1 aliphatic rings. The summed E-state index contributed by atoms with van der Waals surface area (Å²) in [6.07, 6.45) is -0.369. The molecule has 0 bridgehead atoms. The number of ether oxygens (including phenoxy) is 1. The summed E-state index contributed by atoms with van der Waals surface area (Å²) in [5, 5.41) is 21.4. The number of hydrogen-bond acceptors (Lipinski definition) is 7. The van der Waals surface area contributed by atoms with Crippen LogP contribution in [0.3, 0.4) is 0 Å². The number of nitrogen functional groups attached to an aromatic ring is 1. The van der Waals surface area contributed by atoms with Gasteiger partial charge < -0.3 is 25.6 Å². The maximum atomic E-state index is 12.4. The molecule has 1 aliphatic heterocycles. The summed E-state index contributed by atoms with van der Waals surface area (Å²) in [6.45, 7) is 1.49. The number of benzene rings is 2. The van der Waals surface area contributed by atoms with Crippen LogP contribution in [-0.4, -0.2) is 45.0 Å². The molecule has 1 amide bonds. The Bertz CT molecular complexity index is 1160. The summed E-state index contributed by atoms with van der Waals surface area (Å²) in [5.41, 5.74) is 6.52. The SMILES string of the molecule is CC(c1cccc2ccccc12)N(C=O)c1cn([C@H]2C[C@H](O)[C@@H](CO)O2)c(=O)nc1N. The number of fused-ring (bicyclic) bond motifs is 1. The van der Waals surface area contributed by atoms with Crippen molar-refractivity contribution in [2.75, 3.05) is 17.2 Å². The minimum atomic E-state index is -0.917. The summed E-state index contributed by atoms with van der Waals surface area (Å²) < 4.78 is 6.77. The highest BCUT2D eigenvalue weighted by Crippen LogP contribution is 2.34. The standard InChI is InChI=1S/C22H24N4O5/c1-13(15-8-4-6-14-5-2-3-7-16(14)15)26(12-28)17-10-25(22(30)24-21(17)23)20-9-18(29)19(11-27)31-20/h2-8,10,12-13,18-20,27,29H,9,11H2,1H3,(H2,23,24,30)/t13?,18-,19+,20+/m0/s1. The van der Waals surface area contributed by atoms with Crippen molar-refractivity contribution in [1.29, 1.82) is 0 Å². The second-order valence-corrected chi connectivity index (χ2v) is 7.57. The molecule has 3 aromatic rings. The van der Waals surface area contributed by atoms with E-state index >= 15 is 0 Å². The first-order valence-electron chi connectivity index (χ1n) is 9.99. The lowest BCUT2D eigenvalue weighted by Gasteiger charge is -2.28. The van der Waals surface area contributed by atoms with Crippen LogP contribution < -0.4 is 16.3 Å². The van der Waals surface area contributed by atoms with E-state index in [4.69, 9.17) is 10.5 Å². The molecule has 9 heteroatoms. The monoisotopic (exact) mass is 424 g/mol. The average Bonchev–Trinajstić information content (AvgIpc) is 3.15. The van der Waals surface area contributed by atoms with E-state index < -0.39 is 30.2 Å². The topological polar surface area (TPSA) is 131 Å². The Balaban J connectivity index is 1.75. The Labute approximate surface area is 178 Å². The predicted molar refractivity (Wildman–Crippen MR) is 115 cm³/mol. The van der Waals surface area contributed by atoms with Crippen molar-refractivity contribution in [1.82, 2.24) is 9.55 Å². The van der Waals surface area contributed by atoms with Gasteiger partial charge >= 0.3 is 5.69 Å². The molecule has 2 aromatic carbocycles. The van der Waals surface area contributed by atoms with Gasteiger partial charge in [-0.25, -0.2) is 4.79 Å². The van der Waals surface area contributed by atoms with Gasteiger partial charge in [-0.1, -0.05) is 42.5 Å². The third kappa shape index (κ3) is 3.78. The first-order valence-corrected chi connectivity index (χ1v) is 9.99. The maximum Gasteiger partial charge on any atom is 0.351 e. The minimum Gasteiger partial charge on any atom is -0.394 e. The Morgan fingerprint density at radius 1 is 1.32 bits per heavy atom. The number of nitrogens with two attached hydrogens (primary N) is 1. The summed E-state index contributed by atoms with van der Waals surface area (Å²) in [5.74, 6) is -0.0855. The molecule has 1 unspecified atom stereocenters. The van der Waals surface area contributed by atoms with Crippen LogP contribution in [0.25, 0.3) is 10.8 Å². The second kappa shape index (κ2) is 8.46. The summed E-state index contributed by atoms with van der Waals surface area (Å²) in [6, 6.07) is 13.3. The smallest absolute Gasteiger partial charge is 0.351 e. The van der Waals surface area contributed by atoms with E-state index in [0.717, 1.165) is 16.3 Å². The van der Waals surface area contributed by atoms with Gasteiger partial charge in [0.05, 0.1) is 18.8 Å². The number of anilines is 2. The Morgan fingerprint density at radius 3 is 2.77 bits per heavy atom. The van der Waals surface area contributed by atoms with E-state index in [9.17, 15) is 19.8 Å². The number of carbonyl (C=O) groups excluding carboxylic acids is 1. The van der Waals surface area contributed by atoms with Gasteiger partial charge in [-0.15, -0.1) is 0 Å². The number of aliphatic hydroxyl groups is 2. The normalized spacial score (nSPS) is 21.8. The van der Waals surface area contributed by atoms with Crippen molar-refractivity contribution < 1.29 is 19.7 Å². The van der Waals surface area contributed by atoms with Crippen LogP contribution in [0, 0.1) is 0 Å². The van der Waals surface area contributed by atoms with Gasteiger partial charge in [0.1, 0.15) is 18.0 Å². The van der Waals surface area contributed by atoms with Gasteiger partial charge in [0, 0.05) is 12.6 Å². The zero-order chi connectivity index (χ0) is 22.1. The maximum absolute atomic E-state index is 12.4. The molecule has 0 saturated carbocycles. The number of carbonyl (C=O) groups is 1. The fourth-order valence-corrected chi connectivity index (χ4v) is 4.05. The highest BCUT2D eigenvalue weighted by Gasteiger charge is 2.35. The first-order chi connectivity index (χ1) is 14.9. The Morgan fingerprint density at radius 2 is 2.06 bits per heavy atom. The zero-order valence-corrected chi connectivity index (χ0v) is 17.0. The zero-order valence-electron chi connectivity index (χ0n) is 17.0.